The van der Waals surface area contributed by atoms with Crippen molar-refractivity contribution in [2.75, 3.05) is 25.3 Å². The van der Waals surface area contributed by atoms with Crippen LogP contribution in [-0.2, 0) is 14.8 Å². The molecular formula is C19H20N4O5S2. The summed E-state index contributed by atoms with van der Waals surface area (Å²) in [6, 6.07) is 7.75. The number of carbonyl (C=O) groups excluding carboxylic acids is 1. The molecule has 0 bridgehead atoms. The Hall–Kier alpha value is -2.89. The minimum atomic E-state index is -3.86. The number of benzene rings is 2. The third kappa shape index (κ3) is 4.99. The van der Waals surface area contributed by atoms with Crippen LogP contribution in [0.2, 0.25) is 0 Å². The normalized spacial score (nSPS) is 11.3. The lowest BCUT2D eigenvalue weighted by Crippen LogP contribution is -2.17. The van der Waals surface area contributed by atoms with Gasteiger partial charge in [0, 0.05) is 17.8 Å². The molecule has 0 spiro atoms. The molecule has 0 saturated heterocycles. The van der Waals surface area contributed by atoms with Crippen molar-refractivity contribution in [1.29, 1.82) is 0 Å². The van der Waals surface area contributed by atoms with Gasteiger partial charge in [0.05, 0.1) is 42.1 Å². The Morgan fingerprint density at radius 1 is 1.13 bits per heavy atom. The average molecular weight is 449 g/mol. The summed E-state index contributed by atoms with van der Waals surface area (Å²) in [5.41, 5.74) is 2.34. The van der Waals surface area contributed by atoms with Crippen molar-refractivity contribution in [3.63, 3.8) is 0 Å². The van der Waals surface area contributed by atoms with Gasteiger partial charge in [-0.2, -0.15) is 0 Å². The summed E-state index contributed by atoms with van der Waals surface area (Å²) in [5, 5.41) is 8.40. The van der Waals surface area contributed by atoms with E-state index in [0.717, 1.165) is 0 Å². The number of nitrogens with zero attached hydrogens (tertiary/aromatic N) is 2. The maximum Gasteiger partial charge on any atom is 0.238 e. The highest BCUT2D eigenvalue weighted by molar-refractivity contribution is 7.99. The number of sulfonamides is 1. The Balaban J connectivity index is 1.72. The minimum Gasteiger partial charge on any atom is -0.493 e. The first-order chi connectivity index (χ1) is 14.2. The van der Waals surface area contributed by atoms with Crippen LogP contribution in [-0.4, -0.2) is 44.3 Å². The van der Waals surface area contributed by atoms with Gasteiger partial charge in [-0.1, -0.05) is 17.8 Å². The van der Waals surface area contributed by atoms with Crippen LogP contribution in [0.3, 0.4) is 0 Å². The summed E-state index contributed by atoms with van der Waals surface area (Å²) in [7, 11) is -0.782. The third-order valence-electron chi connectivity index (χ3n) is 4.19. The van der Waals surface area contributed by atoms with Crippen LogP contribution in [0.25, 0.3) is 11.0 Å². The van der Waals surface area contributed by atoms with Crippen molar-refractivity contribution < 1.29 is 22.7 Å². The number of thioether (sulfide) groups is 1. The third-order valence-corrected chi connectivity index (χ3v) is 6.00. The molecule has 0 aliphatic heterocycles. The predicted molar refractivity (Wildman–Crippen MR) is 115 cm³/mol. The molecule has 0 fully saturated rings. The SMILES string of the molecule is COc1cc2ncc(SCC(=O)Nc3cc(S(N)(=O)=O)ccc3C)nc2cc1OC. The number of aryl methyl sites for hydroxylation is 1. The number of fused-ring (bicyclic) bond motifs is 1. The molecule has 0 aliphatic rings. The van der Waals surface area contributed by atoms with Gasteiger partial charge >= 0.3 is 0 Å². The summed E-state index contributed by atoms with van der Waals surface area (Å²) in [6.45, 7) is 1.76. The number of aromatic nitrogens is 2. The summed E-state index contributed by atoms with van der Waals surface area (Å²) >= 11 is 1.20. The molecule has 0 atom stereocenters. The van der Waals surface area contributed by atoms with Crippen molar-refractivity contribution in [1.82, 2.24) is 9.97 Å². The van der Waals surface area contributed by atoms with Gasteiger partial charge in [0.15, 0.2) is 11.5 Å². The quantitative estimate of drug-likeness (QED) is 0.526. The fourth-order valence-electron chi connectivity index (χ4n) is 2.63. The lowest BCUT2D eigenvalue weighted by molar-refractivity contribution is -0.113. The van der Waals surface area contributed by atoms with E-state index < -0.39 is 10.0 Å². The highest BCUT2D eigenvalue weighted by atomic mass is 32.2. The number of methoxy groups -OCH3 is 2. The van der Waals surface area contributed by atoms with E-state index >= 15 is 0 Å². The van der Waals surface area contributed by atoms with E-state index in [1.54, 1.807) is 38.4 Å². The molecular weight excluding hydrogens is 428 g/mol. The molecule has 0 unspecified atom stereocenters. The maximum absolute atomic E-state index is 12.3. The Kier molecular flexibility index (Phi) is 6.44. The van der Waals surface area contributed by atoms with E-state index in [4.69, 9.17) is 14.6 Å². The first-order valence-corrected chi connectivity index (χ1v) is 11.2. The van der Waals surface area contributed by atoms with E-state index in [1.807, 2.05) is 0 Å². The molecule has 3 aromatic rings. The number of amides is 1. The number of nitrogens with one attached hydrogen (secondary N) is 1. The van der Waals surface area contributed by atoms with Gasteiger partial charge in [-0.3, -0.25) is 9.78 Å². The fourth-order valence-corrected chi connectivity index (χ4v) is 3.81. The average Bonchev–Trinajstić information content (AvgIpc) is 2.71. The molecule has 1 heterocycles. The summed E-state index contributed by atoms with van der Waals surface area (Å²) in [6.07, 6.45) is 1.57. The fraction of sp³-hybridized carbons (Fsp3) is 0.211. The zero-order chi connectivity index (χ0) is 21.9. The number of nitrogens with two attached hydrogens (primary N) is 1. The van der Waals surface area contributed by atoms with Gasteiger partial charge in [0.2, 0.25) is 15.9 Å². The van der Waals surface area contributed by atoms with Gasteiger partial charge in [0.25, 0.3) is 0 Å². The van der Waals surface area contributed by atoms with Crippen molar-refractivity contribution in [3.05, 3.63) is 42.1 Å². The number of ether oxygens (including phenoxy) is 2. The Labute approximate surface area is 178 Å². The molecule has 0 saturated carbocycles. The highest BCUT2D eigenvalue weighted by Crippen LogP contribution is 2.31. The van der Waals surface area contributed by atoms with E-state index in [1.165, 1.54) is 31.0 Å². The first kappa shape index (κ1) is 21.8. The van der Waals surface area contributed by atoms with Crippen LogP contribution in [0, 0.1) is 6.92 Å². The van der Waals surface area contributed by atoms with Crippen LogP contribution in [0.15, 0.2) is 46.5 Å². The van der Waals surface area contributed by atoms with Crippen LogP contribution in [0.5, 0.6) is 11.5 Å². The topological polar surface area (TPSA) is 134 Å². The molecule has 9 nitrogen and oxygen atoms in total. The molecule has 30 heavy (non-hydrogen) atoms. The maximum atomic E-state index is 12.3. The lowest BCUT2D eigenvalue weighted by Gasteiger charge is -2.10. The van der Waals surface area contributed by atoms with Crippen molar-refractivity contribution in [2.24, 2.45) is 5.14 Å². The van der Waals surface area contributed by atoms with Crippen molar-refractivity contribution in [2.45, 2.75) is 16.8 Å². The monoisotopic (exact) mass is 448 g/mol. The van der Waals surface area contributed by atoms with E-state index in [9.17, 15) is 13.2 Å². The highest BCUT2D eigenvalue weighted by Gasteiger charge is 2.13. The number of hydrogen-bond donors (Lipinski definition) is 2. The van der Waals surface area contributed by atoms with Crippen LogP contribution < -0.4 is 19.9 Å². The Bertz CT molecular complexity index is 1220. The molecule has 1 amide bonds. The molecule has 0 radical (unpaired) electrons. The second kappa shape index (κ2) is 8.86. The zero-order valence-corrected chi connectivity index (χ0v) is 18.1. The van der Waals surface area contributed by atoms with Crippen molar-refractivity contribution >= 4 is 44.4 Å². The second-order valence-electron chi connectivity index (χ2n) is 6.26. The van der Waals surface area contributed by atoms with Gasteiger partial charge in [0.1, 0.15) is 5.03 Å². The van der Waals surface area contributed by atoms with Gasteiger partial charge < -0.3 is 14.8 Å². The standard InChI is InChI=1S/C19H20N4O5S2/c1-11-4-5-12(30(20,25)26)6-13(11)22-18(24)10-29-19-9-21-14-7-16(27-2)17(28-3)8-15(14)23-19/h4-9H,10H2,1-3H3,(H,22,24)(H2,20,25,26). The van der Waals surface area contributed by atoms with E-state index in [0.29, 0.717) is 38.8 Å². The number of anilines is 1. The smallest absolute Gasteiger partial charge is 0.238 e. The van der Waals surface area contributed by atoms with Crippen LogP contribution in [0.1, 0.15) is 5.56 Å². The molecule has 2 aromatic carbocycles. The van der Waals surface area contributed by atoms with Gasteiger partial charge in [-0.25, -0.2) is 18.5 Å². The van der Waals surface area contributed by atoms with E-state index in [2.05, 4.69) is 15.3 Å². The number of hydrogen-bond acceptors (Lipinski definition) is 8. The zero-order valence-electron chi connectivity index (χ0n) is 16.5. The second-order valence-corrected chi connectivity index (χ2v) is 8.82. The summed E-state index contributed by atoms with van der Waals surface area (Å²) in [5.74, 6) is 0.830. The first-order valence-electron chi connectivity index (χ1n) is 8.66. The Morgan fingerprint density at radius 3 is 2.43 bits per heavy atom. The summed E-state index contributed by atoms with van der Waals surface area (Å²) < 4.78 is 33.6. The largest absolute Gasteiger partial charge is 0.493 e. The van der Waals surface area contributed by atoms with Gasteiger partial charge in [-0.05, 0) is 24.6 Å². The number of carbonyl (C=O) groups is 1. The molecule has 158 valence electrons. The summed E-state index contributed by atoms with van der Waals surface area (Å²) in [4.78, 5) is 21.1. The minimum absolute atomic E-state index is 0.0620. The van der Waals surface area contributed by atoms with Gasteiger partial charge in [-0.15, -0.1) is 0 Å². The number of primary sulfonamides is 1. The lowest BCUT2D eigenvalue weighted by atomic mass is 10.2. The Morgan fingerprint density at radius 2 is 1.80 bits per heavy atom. The molecule has 11 heteroatoms. The van der Waals surface area contributed by atoms with Crippen LogP contribution in [0.4, 0.5) is 5.69 Å². The molecule has 0 aliphatic carbocycles. The molecule has 3 N–H and O–H groups in total. The van der Waals surface area contributed by atoms with Crippen LogP contribution >= 0.6 is 11.8 Å². The predicted octanol–water partition coefficient (Wildman–Crippen LogP) is 2.33. The molecule has 1 aromatic heterocycles. The van der Waals surface area contributed by atoms with Crippen molar-refractivity contribution in [3.8, 4) is 11.5 Å². The molecule has 3 rings (SSSR count). The van der Waals surface area contributed by atoms with E-state index in [-0.39, 0.29) is 16.6 Å². The number of rotatable bonds is 7.